The molecule has 0 bridgehead atoms. The van der Waals surface area contributed by atoms with Crippen molar-refractivity contribution in [1.82, 2.24) is 5.32 Å². The van der Waals surface area contributed by atoms with Gasteiger partial charge < -0.3 is 10.1 Å². The lowest BCUT2D eigenvalue weighted by molar-refractivity contribution is 0.339. The summed E-state index contributed by atoms with van der Waals surface area (Å²) in [6.07, 6.45) is 3.86. The second-order valence-corrected chi connectivity index (χ2v) is 5.07. The average molecular weight is 233 g/mol. The Morgan fingerprint density at radius 2 is 2.24 bits per heavy atom. The summed E-state index contributed by atoms with van der Waals surface area (Å²) in [4.78, 5) is 0. The number of hydrogen-bond donors (Lipinski definition) is 1. The van der Waals surface area contributed by atoms with E-state index in [0.29, 0.717) is 5.92 Å². The summed E-state index contributed by atoms with van der Waals surface area (Å²) in [5.74, 6) is 1.68. The van der Waals surface area contributed by atoms with Crippen LogP contribution >= 0.6 is 0 Å². The van der Waals surface area contributed by atoms with E-state index in [4.69, 9.17) is 4.74 Å². The summed E-state index contributed by atoms with van der Waals surface area (Å²) in [7, 11) is 0. The zero-order valence-electron chi connectivity index (χ0n) is 10.9. The van der Waals surface area contributed by atoms with Gasteiger partial charge in [0.15, 0.2) is 0 Å². The van der Waals surface area contributed by atoms with Gasteiger partial charge in [-0.1, -0.05) is 19.1 Å². The van der Waals surface area contributed by atoms with Crippen molar-refractivity contribution in [2.24, 2.45) is 5.92 Å². The van der Waals surface area contributed by atoms with E-state index in [1.54, 1.807) is 0 Å². The maximum absolute atomic E-state index is 5.52. The summed E-state index contributed by atoms with van der Waals surface area (Å²) < 4.78 is 5.52. The van der Waals surface area contributed by atoms with Crippen molar-refractivity contribution in [3.8, 4) is 5.75 Å². The first-order chi connectivity index (χ1) is 8.28. The van der Waals surface area contributed by atoms with Gasteiger partial charge in [0.2, 0.25) is 0 Å². The van der Waals surface area contributed by atoms with Gasteiger partial charge in [0, 0.05) is 6.04 Å². The minimum absolute atomic E-state index is 0.687. The molecule has 0 aliphatic heterocycles. The molecule has 1 fully saturated rings. The highest BCUT2D eigenvalue weighted by molar-refractivity contribution is 5.28. The first kappa shape index (κ1) is 12.4. The molecule has 0 saturated heterocycles. The van der Waals surface area contributed by atoms with Crippen LogP contribution in [-0.4, -0.2) is 19.2 Å². The Morgan fingerprint density at radius 3 is 2.94 bits per heavy atom. The minimum atomic E-state index is 0.687. The Bertz CT molecular complexity index is 347. The van der Waals surface area contributed by atoms with Gasteiger partial charge in [-0.15, -0.1) is 0 Å². The van der Waals surface area contributed by atoms with Gasteiger partial charge in [0.05, 0.1) is 6.61 Å². The summed E-state index contributed by atoms with van der Waals surface area (Å²) >= 11 is 0. The van der Waals surface area contributed by atoms with Crippen LogP contribution in [0.15, 0.2) is 24.3 Å². The largest absolute Gasteiger partial charge is 0.494 e. The molecule has 0 aromatic heterocycles. The van der Waals surface area contributed by atoms with E-state index in [2.05, 4.69) is 30.4 Å². The molecule has 1 aromatic rings. The van der Waals surface area contributed by atoms with Crippen LogP contribution in [0.3, 0.4) is 0 Å². The molecule has 2 heteroatoms. The van der Waals surface area contributed by atoms with Crippen molar-refractivity contribution in [3.63, 3.8) is 0 Å². The Labute approximate surface area is 104 Å². The molecular formula is C15H23NO. The smallest absolute Gasteiger partial charge is 0.119 e. The number of benzene rings is 1. The van der Waals surface area contributed by atoms with E-state index in [9.17, 15) is 0 Å². The van der Waals surface area contributed by atoms with Gasteiger partial charge in [-0.25, -0.2) is 0 Å². The van der Waals surface area contributed by atoms with Crippen molar-refractivity contribution in [3.05, 3.63) is 29.8 Å². The van der Waals surface area contributed by atoms with Crippen molar-refractivity contribution >= 4 is 0 Å². The van der Waals surface area contributed by atoms with Gasteiger partial charge in [0.1, 0.15) is 5.75 Å². The molecule has 1 N–H and O–H groups in total. The third-order valence-corrected chi connectivity index (χ3v) is 3.13. The molecule has 1 unspecified atom stereocenters. The third kappa shape index (κ3) is 4.39. The normalized spacial score (nSPS) is 16.8. The lowest BCUT2D eigenvalue weighted by Gasteiger charge is -2.13. The molecule has 94 valence electrons. The van der Waals surface area contributed by atoms with Crippen LogP contribution in [0, 0.1) is 5.92 Å². The van der Waals surface area contributed by atoms with Crippen LogP contribution in [0.2, 0.25) is 0 Å². The molecule has 0 amide bonds. The van der Waals surface area contributed by atoms with Gasteiger partial charge in [0.25, 0.3) is 0 Å². The van der Waals surface area contributed by atoms with Gasteiger partial charge in [-0.05, 0) is 56.3 Å². The minimum Gasteiger partial charge on any atom is -0.494 e. The average Bonchev–Trinajstić information content (AvgIpc) is 3.11. The Kier molecular flexibility index (Phi) is 4.43. The monoisotopic (exact) mass is 233 g/mol. The van der Waals surface area contributed by atoms with E-state index in [-0.39, 0.29) is 0 Å². The van der Waals surface area contributed by atoms with Crippen molar-refractivity contribution in [2.45, 2.75) is 39.2 Å². The lowest BCUT2D eigenvalue weighted by Crippen LogP contribution is -2.24. The van der Waals surface area contributed by atoms with Gasteiger partial charge in [-0.3, -0.25) is 0 Å². The number of hydrogen-bond acceptors (Lipinski definition) is 2. The summed E-state index contributed by atoms with van der Waals surface area (Å²) in [5.41, 5.74) is 1.38. The van der Waals surface area contributed by atoms with Crippen LogP contribution in [0.4, 0.5) is 0 Å². The molecule has 0 heterocycles. The summed E-state index contributed by atoms with van der Waals surface area (Å²) in [6, 6.07) is 9.28. The van der Waals surface area contributed by atoms with Crippen molar-refractivity contribution < 1.29 is 4.74 Å². The van der Waals surface area contributed by atoms with E-state index < -0.39 is 0 Å². The molecule has 2 rings (SSSR count). The van der Waals surface area contributed by atoms with Crippen LogP contribution < -0.4 is 10.1 Å². The summed E-state index contributed by atoms with van der Waals surface area (Å²) in [6.45, 7) is 6.20. The second kappa shape index (κ2) is 6.06. The number of nitrogens with one attached hydrogen (secondary N) is 1. The fraction of sp³-hybridized carbons (Fsp3) is 0.600. The Hall–Kier alpha value is -1.02. The predicted octanol–water partition coefficient (Wildman–Crippen LogP) is 3.02. The highest BCUT2D eigenvalue weighted by Gasteiger charge is 2.20. The number of ether oxygens (including phenoxy) is 1. The first-order valence-corrected chi connectivity index (χ1v) is 6.73. The SMILES string of the molecule is CCOc1cccc(CC(C)CNC2CC2)c1. The maximum atomic E-state index is 5.52. The second-order valence-electron chi connectivity index (χ2n) is 5.07. The quantitative estimate of drug-likeness (QED) is 0.781. The number of rotatable bonds is 7. The molecule has 2 nitrogen and oxygen atoms in total. The topological polar surface area (TPSA) is 21.3 Å². The van der Waals surface area contributed by atoms with Gasteiger partial charge >= 0.3 is 0 Å². The fourth-order valence-corrected chi connectivity index (χ4v) is 2.06. The van der Waals surface area contributed by atoms with E-state index in [1.165, 1.54) is 18.4 Å². The standard InChI is InChI=1S/C15H23NO/c1-3-17-15-6-4-5-13(10-15)9-12(2)11-16-14-7-8-14/h4-6,10,12,14,16H,3,7-9,11H2,1-2H3. The maximum Gasteiger partial charge on any atom is 0.119 e. The zero-order valence-corrected chi connectivity index (χ0v) is 10.9. The van der Waals surface area contributed by atoms with Gasteiger partial charge in [-0.2, -0.15) is 0 Å². The molecule has 1 aliphatic rings. The molecule has 0 radical (unpaired) electrons. The third-order valence-electron chi connectivity index (χ3n) is 3.13. The molecule has 1 aromatic carbocycles. The fourth-order valence-electron chi connectivity index (χ4n) is 2.06. The van der Waals surface area contributed by atoms with Crippen LogP contribution in [0.5, 0.6) is 5.75 Å². The van der Waals surface area contributed by atoms with E-state index >= 15 is 0 Å². The molecular weight excluding hydrogens is 210 g/mol. The highest BCUT2D eigenvalue weighted by Crippen LogP contribution is 2.20. The molecule has 0 spiro atoms. The molecule has 17 heavy (non-hydrogen) atoms. The molecule has 1 aliphatic carbocycles. The van der Waals surface area contributed by atoms with E-state index in [0.717, 1.165) is 31.4 Å². The van der Waals surface area contributed by atoms with E-state index in [1.807, 2.05) is 13.0 Å². The molecule has 1 atom stereocenters. The first-order valence-electron chi connectivity index (χ1n) is 6.73. The predicted molar refractivity (Wildman–Crippen MR) is 71.5 cm³/mol. The highest BCUT2D eigenvalue weighted by atomic mass is 16.5. The Morgan fingerprint density at radius 1 is 1.41 bits per heavy atom. The van der Waals surface area contributed by atoms with Crippen molar-refractivity contribution in [1.29, 1.82) is 0 Å². The van der Waals surface area contributed by atoms with Crippen LogP contribution in [0.25, 0.3) is 0 Å². The molecule has 1 saturated carbocycles. The Balaban J connectivity index is 1.81. The lowest BCUT2D eigenvalue weighted by atomic mass is 10.0. The van der Waals surface area contributed by atoms with Crippen LogP contribution in [0.1, 0.15) is 32.3 Å². The zero-order chi connectivity index (χ0) is 12.1. The van der Waals surface area contributed by atoms with Crippen molar-refractivity contribution in [2.75, 3.05) is 13.2 Å². The van der Waals surface area contributed by atoms with Crippen LogP contribution in [-0.2, 0) is 6.42 Å². The summed E-state index contributed by atoms with van der Waals surface area (Å²) in [5, 5.41) is 3.59.